The smallest absolute Gasteiger partial charge is 0.274 e. The Morgan fingerprint density at radius 3 is 2.96 bits per heavy atom. The van der Waals surface area contributed by atoms with E-state index in [4.69, 9.17) is 9.26 Å². The van der Waals surface area contributed by atoms with Crippen LogP contribution >= 0.6 is 0 Å². The number of carbonyl (C=O) groups excluding carboxylic acids is 1. The molecule has 0 saturated heterocycles. The summed E-state index contributed by atoms with van der Waals surface area (Å²) in [7, 11) is 0. The maximum absolute atomic E-state index is 12.7. The highest BCUT2D eigenvalue weighted by molar-refractivity contribution is 5.95. The third-order valence-electron chi connectivity index (χ3n) is 5.18. The van der Waals surface area contributed by atoms with Gasteiger partial charge < -0.3 is 14.6 Å². The highest BCUT2D eigenvalue weighted by Gasteiger charge is 2.31. The minimum Gasteiger partial charge on any atom is -0.488 e. The number of nitrogens with one attached hydrogen (secondary N) is 1. The summed E-state index contributed by atoms with van der Waals surface area (Å²) in [4.78, 5) is 12.7. The molecule has 0 spiro atoms. The lowest BCUT2D eigenvalue weighted by molar-refractivity contribution is 0.0899. The fourth-order valence-electron chi connectivity index (χ4n) is 3.70. The number of hydrogen-bond donors (Lipinski definition) is 1. The molecule has 1 aromatic heterocycles. The van der Waals surface area contributed by atoms with E-state index in [9.17, 15) is 4.79 Å². The van der Waals surface area contributed by atoms with Gasteiger partial charge in [-0.1, -0.05) is 36.6 Å². The summed E-state index contributed by atoms with van der Waals surface area (Å²) in [6, 6.07) is 6.15. The number of fused-ring (bicyclic) bond motifs is 3. The topological polar surface area (TPSA) is 64.4 Å². The van der Waals surface area contributed by atoms with Gasteiger partial charge in [-0.3, -0.25) is 4.79 Å². The number of aromatic nitrogens is 1. The first kappa shape index (κ1) is 15.2. The standard InChI is InChI=1S/C19H22N2O3/c1-11-7-8-16-13(9-11)18-14(10-23-16)17(21-24-18)19(22)20-15-6-4-3-5-12(15)2/h7-9,12,15H,3-6,10H2,1-2H3,(H,20,22)/t12-,15+/m1/s1. The molecule has 1 aliphatic carbocycles. The molecule has 0 bridgehead atoms. The number of ether oxygens (including phenoxy) is 1. The Kier molecular flexibility index (Phi) is 3.79. The molecule has 4 rings (SSSR count). The second-order valence-corrected chi connectivity index (χ2v) is 6.97. The number of benzene rings is 1. The molecule has 0 unspecified atom stereocenters. The fourth-order valence-corrected chi connectivity index (χ4v) is 3.70. The molecule has 1 fully saturated rings. The molecule has 2 atom stereocenters. The van der Waals surface area contributed by atoms with E-state index in [-0.39, 0.29) is 11.9 Å². The van der Waals surface area contributed by atoms with Crippen LogP contribution in [-0.2, 0) is 6.61 Å². The molecule has 5 heteroatoms. The van der Waals surface area contributed by atoms with Crippen LogP contribution in [-0.4, -0.2) is 17.1 Å². The lowest BCUT2D eigenvalue weighted by Gasteiger charge is -2.29. The molecule has 1 aromatic carbocycles. The second-order valence-electron chi connectivity index (χ2n) is 6.97. The van der Waals surface area contributed by atoms with Crippen LogP contribution in [0, 0.1) is 12.8 Å². The summed E-state index contributed by atoms with van der Waals surface area (Å²) in [6.45, 7) is 4.53. The van der Waals surface area contributed by atoms with Crippen molar-refractivity contribution in [3.8, 4) is 17.1 Å². The van der Waals surface area contributed by atoms with Crippen molar-refractivity contribution in [2.75, 3.05) is 0 Å². The van der Waals surface area contributed by atoms with E-state index in [1.165, 1.54) is 12.8 Å². The van der Waals surface area contributed by atoms with Gasteiger partial charge in [-0.05, 0) is 37.8 Å². The zero-order valence-electron chi connectivity index (χ0n) is 14.1. The SMILES string of the molecule is Cc1ccc2c(c1)-c1onc(C(=O)N[C@H]3CCCC[C@H]3C)c1CO2. The van der Waals surface area contributed by atoms with E-state index < -0.39 is 0 Å². The maximum atomic E-state index is 12.7. The summed E-state index contributed by atoms with van der Waals surface area (Å²) < 4.78 is 11.3. The number of nitrogens with zero attached hydrogens (tertiary/aromatic N) is 1. The van der Waals surface area contributed by atoms with Crippen molar-refractivity contribution >= 4 is 5.91 Å². The number of carbonyl (C=O) groups is 1. The molecular weight excluding hydrogens is 304 g/mol. The van der Waals surface area contributed by atoms with E-state index in [0.29, 0.717) is 24.0 Å². The van der Waals surface area contributed by atoms with E-state index >= 15 is 0 Å². The van der Waals surface area contributed by atoms with Gasteiger partial charge in [0.2, 0.25) is 0 Å². The fraction of sp³-hybridized carbons (Fsp3) is 0.474. The maximum Gasteiger partial charge on any atom is 0.274 e. The first-order chi connectivity index (χ1) is 11.6. The predicted molar refractivity (Wildman–Crippen MR) is 89.9 cm³/mol. The Hall–Kier alpha value is -2.30. The molecular formula is C19H22N2O3. The first-order valence-electron chi connectivity index (χ1n) is 8.66. The predicted octanol–water partition coefficient (Wildman–Crippen LogP) is 3.85. The molecule has 1 amide bonds. The Bertz CT molecular complexity index is 781. The van der Waals surface area contributed by atoms with Crippen molar-refractivity contribution in [3.63, 3.8) is 0 Å². The van der Waals surface area contributed by atoms with Crippen LogP contribution < -0.4 is 10.1 Å². The van der Waals surface area contributed by atoms with Gasteiger partial charge in [0.05, 0.1) is 11.1 Å². The Morgan fingerprint density at radius 2 is 2.12 bits per heavy atom. The minimum absolute atomic E-state index is 0.154. The van der Waals surface area contributed by atoms with Gasteiger partial charge in [-0.2, -0.15) is 0 Å². The highest BCUT2D eigenvalue weighted by Crippen LogP contribution is 2.39. The third-order valence-corrected chi connectivity index (χ3v) is 5.18. The number of rotatable bonds is 2. The van der Waals surface area contributed by atoms with E-state index in [2.05, 4.69) is 17.4 Å². The summed E-state index contributed by atoms with van der Waals surface area (Å²) in [5, 5.41) is 7.19. The molecule has 1 saturated carbocycles. The van der Waals surface area contributed by atoms with Crippen LogP contribution in [0.1, 0.15) is 54.2 Å². The number of aryl methyl sites for hydroxylation is 1. The Balaban J connectivity index is 1.61. The molecule has 0 radical (unpaired) electrons. The van der Waals surface area contributed by atoms with Gasteiger partial charge in [0.1, 0.15) is 12.4 Å². The molecule has 5 nitrogen and oxygen atoms in total. The van der Waals surface area contributed by atoms with Crippen LogP contribution in [0.15, 0.2) is 22.7 Å². The minimum atomic E-state index is -0.154. The number of hydrogen-bond acceptors (Lipinski definition) is 4. The molecule has 2 aromatic rings. The molecule has 2 heterocycles. The van der Waals surface area contributed by atoms with E-state index in [0.717, 1.165) is 35.3 Å². The van der Waals surface area contributed by atoms with Crippen LogP contribution in [0.2, 0.25) is 0 Å². The average Bonchev–Trinajstić information content (AvgIpc) is 3.01. The molecule has 1 aliphatic heterocycles. The van der Waals surface area contributed by atoms with Crippen LogP contribution in [0.25, 0.3) is 11.3 Å². The largest absolute Gasteiger partial charge is 0.488 e. The third kappa shape index (κ3) is 2.58. The van der Waals surface area contributed by atoms with Gasteiger partial charge >= 0.3 is 0 Å². The van der Waals surface area contributed by atoms with E-state index in [1.54, 1.807) is 0 Å². The van der Waals surface area contributed by atoms with Gasteiger partial charge in [-0.25, -0.2) is 0 Å². The van der Waals surface area contributed by atoms with E-state index in [1.807, 2.05) is 25.1 Å². The second kappa shape index (κ2) is 5.96. The zero-order valence-corrected chi connectivity index (χ0v) is 14.1. The quantitative estimate of drug-likeness (QED) is 0.910. The van der Waals surface area contributed by atoms with Gasteiger partial charge in [0, 0.05) is 6.04 Å². The Labute approximate surface area is 141 Å². The van der Waals surface area contributed by atoms with Gasteiger partial charge in [0.15, 0.2) is 11.5 Å². The summed E-state index contributed by atoms with van der Waals surface area (Å²) in [5.41, 5.74) is 3.08. The number of amides is 1. The molecule has 1 N–H and O–H groups in total. The summed E-state index contributed by atoms with van der Waals surface area (Å²) in [5.74, 6) is 1.78. The molecule has 126 valence electrons. The Morgan fingerprint density at radius 1 is 1.29 bits per heavy atom. The van der Waals surface area contributed by atoms with Crippen molar-refractivity contribution in [1.29, 1.82) is 0 Å². The summed E-state index contributed by atoms with van der Waals surface area (Å²) in [6.07, 6.45) is 4.61. The van der Waals surface area contributed by atoms with Gasteiger partial charge in [-0.15, -0.1) is 0 Å². The molecule has 24 heavy (non-hydrogen) atoms. The average molecular weight is 326 g/mol. The zero-order chi connectivity index (χ0) is 16.7. The first-order valence-corrected chi connectivity index (χ1v) is 8.66. The van der Waals surface area contributed by atoms with Crippen LogP contribution in [0.4, 0.5) is 0 Å². The highest BCUT2D eigenvalue weighted by atomic mass is 16.5. The van der Waals surface area contributed by atoms with Crippen molar-refractivity contribution in [2.45, 2.75) is 52.2 Å². The lowest BCUT2D eigenvalue weighted by Crippen LogP contribution is -2.41. The lowest BCUT2D eigenvalue weighted by atomic mass is 9.86. The summed E-state index contributed by atoms with van der Waals surface area (Å²) >= 11 is 0. The van der Waals surface area contributed by atoms with Gasteiger partial charge in [0.25, 0.3) is 5.91 Å². The van der Waals surface area contributed by atoms with Crippen molar-refractivity contribution in [3.05, 3.63) is 35.0 Å². The van der Waals surface area contributed by atoms with Crippen molar-refractivity contribution in [2.24, 2.45) is 5.92 Å². The van der Waals surface area contributed by atoms with Crippen LogP contribution in [0.3, 0.4) is 0 Å². The van der Waals surface area contributed by atoms with Crippen molar-refractivity contribution < 1.29 is 14.1 Å². The van der Waals surface area contributed by atoms with Crippen LogP contribution in [0.5, 0.6) is 5.75 Å². The van der Waals surface area contributed by atoms with Crippen molar-refractivity contribution in [1.82, 2.24) is 10.5 Å². The molecule has 2 aliphatic rings. The monoisotopic (exact) mass is 326 g/mol. The normalized spacial score (nSPS) is 22.2.